The van der Waals surface area contributed by atoms with Crippen molar-refractivity contribution >= 4 is 33.7 Å². The van der Waals surface area contributed by atoms with Crippen LogP contribution in [0, 0.1) is 6.92 Å². The topological polar surface area (TPSA) is 104 Å². The summed E-state index contributed by atoms with van der Waals surface area (Å²) in [6.45, 7) is 1.82. The molecule has 30 heavy (non-hydrogen) atoms. The number of aromatic nitrogens is 6. The van der Waals surface area contributed by atoms with Crippen molar-refractivity contribution in [3.8, 4) is 0 Å². The van der Waals surface area contributed by atoms with Crippen LogP contribution in [0.25, 0.3) is 27.7 Å². The summed E-state index contributed by atoms with van der Waals surface area (Å²) in [5, 5.41) is 8.80. The average Bonchev–Trinajstić information content (AvgIpc) is 3.19. The van der Waals surface area contributed by atoms with Crippen LogP contribution in [0.5, 0.6) is 0 Å². The van der Waals surface area contributed by atoms with E-state index in [1.165, 1.54) is 4.57 Å². The Bertz CT molecular complexity index is 1520. The first-order valence-corrected chi connectivity index (χ1v) is 9.24. The molecule has 0 N–H and O–H groups in total. The molecule has 0 radical (unpaired) electrons. The van der Waals surface area contributed by atoms with Gasteiger partial charge in [0.2, 0.25) is 5.78 Å². The summed E-state index contributed by atoms with van der Waals surface area (Å²) < 4.78 is 8.64. The Hall–Kier alpha value is -4.14. The van der Waals surface area contributed by atoms with Crippen molar-refractivity contribution in [2.45, 2.75) is 13.5 Å². The van der Waals surface area contributed by atoms with E-state index in [9.17, 15) is 9.59 Å². The van der Waals surface area contributed by atoms with Gasteiger partial charge in [-0.3, -0.25) is 23.7 Å². The maximum Gasteiger partial charge on any atom is 0.338 e. The van der Waals surface area contributed by atoms with E-state index < -0.39 is 5.97 Å². The summed E-state index contributed by atoms with van der Waals surface area (Å²) in [5.41, 5.74) is 3.14. The number of nitrogens with zero attached hydrogens (tertiary/aromatic N) is 6. The van der Waals surface area contributed by atoms with Gasteiger partial charge in [0.15, 0.2) is 12.4 Å². The van der Waals surface area contributed by atoms with Gasteiger partial charge in [-0.05, 0) is 37.3 Å². The number of benzene rings is 2. The van der Waals surface area contributed by atoms with Crippen LogP contribution >= 0.6 is 0 Å². The molecule has 0 atom stereocenters. The Morgan fingerprint density at radius 3 is 2.67 bits per heavy atom. The van der Waals surface area contributed by atoms with E-state index in [-0.39, 0.29) is 12.2 Å². The highest BCUT2D eigenvalue weighted by Crippen LogP contribution is 2.17. The molecular formula is C21H16N6O3. The number of esters is 1. The molecule has 148 valence electrons. The van der Waals surface area contributed by atoms with Crippen LogP contribution in [-0.2, 0) is 18.4 Å². The zero-order valence-corrected chi connectivity index (χ0v) is 16.2. The third-order valence-corrected chi connectivity index (χ3v) is 4.98. The number of carbonyl (C=O) groups is 1. The molecule has 5 aromatic rings. The Balaban J connectivity index is 1.51. The highest BCUT2D eigenvalue weighted by molar-refractivity contribution is 5.93. The minimum atomic E-state index is -0.510. The van der Waals surface area contributed by atoms with Gasteiger partial charge in [-0.1, -0.05) is 11.6 Å². The highest BCUT2D eigenvalue weighted by Gasteiger charge is 2.17. The smallest absolute Gasteiger partial charge is 0.338 e. The van der Waals surface area contributed by atoms with E-state index in [0.29, 0.717) is 39.1 Å². The molecule has 5 rings (SSSR count). The van der Waals surface area contributed by atoms with Crippen LogP contribution in [0.15, 0.2) is 53.6 Å². The lowest BCUT2D eigenvalue weighted by Gasteiger charge is -2.09. The fourth-order valence-corrected chi connectivity index (χ4v) is 3.46. The number of aryl methyl sites for hydroxylation is 2. The van der Waals surface area contributed by atoms with Crippen molar-refractivity contribution in [2.24, 2.45) is 7.05 Å². The Morgan fingerprint density at radius 2 is 1.83 bits per heavy atom. The lowest BCUT2D eigenvalue weighted by molar-refractivity contribution is 0.0461. The predicted octanol–water partition coefficient (Wildman–Crippen LogP) is 2.19. The second-order valence-electron chi connectivity index (χ2n) is 6.97. The van der Waals surface area contributed by atoms with Gasteiger partial charge in [0.25, 0.3) is 5.56 Å². The SMILES string of the molecule is Cc1ccc2c(c1)c(=O)n(C)c1nnc(COC(=O)c3ccc4nccnc4c3)n21. The van der Waals surface area contributed by atoms with E-state index in [1.807, 2.05) is 25.1 Å². The maximum absolute atomic E-state index is 12.6. The van der Waals surface area contributed by atoms with E-state index in [1.54, 1.807) is 42.0 Å². The third kappa shape index (κ3) is 2.79. The molecule has 9 nitrogen and oxygen atoms in total. The number of hydrogen-bond acceptors (Lipinski definition) is 7. The summed E-state index contributed by atoms with van der Waals surface area (Å²) in [6.07, 6.45) is 3.16. The van der Waals surface area contributed by atoms with Gasteiger partial charge in [0.05, 0.1) is 27.5 Å². The lowest BCUT2D eigenvalue weighted by Crippen LogP contribution is -2.20. The molecule has 0 saturated heterocycles. The zero-order chi connectivity index (χ0) is 20.8. The van der Waals surface area contributed by atoms with E-state index in [0.717, 1.165) is 5.56 Å². The predicted molar refractivity (Wildman–Crippen MR) is 109 cm³/mol. The van der Waals surface area contributed by atoms with Gasteiger partial charge in [0, 0.05) is 19.4 Å². The molecule has 2 aromatic carbocycles. The first-order valence-electron chi connectivity index (χ1n) is 9.24. The number of ether oxygens (including phenoxy) is 1. The molecule has 0 fully saturated rings. The summed E-state index contributed by atoms with van der Waals surface area (Å²) in [4.78, 5) is 33.6. The molecule has 0 spiro atoms. The van der Waals surface area contributed by atoms with Crippen LogP contribution in [0.3, 0.4) is 0 Å². The number of rotatable bonds is 3. The molecule has 0 aliphatic rings. The summed E-state index contributed by atoms with van der Waals surface area (Å²) in [7, 11) is 1.64. The Kier molecular flexibility index (Phi) is 4.02. The normalized spacial score (nSPS) is 11.4. The van der Waals surface area contributed by atoms with Crippen molar-refractivity contribution in [1.82, 2.24) is 29.1 Å². The maximum atomic E-state index is 12.6. The van der Waals surface area contributed by atoms with E-state index in [4.69, 9.17) is 4.74 Å². The minimum absolute atomic E-state index is 0.0975. The fourth-order valence-electron chi connectivity index (χ4n) is 3.46. The van der Waals surface area contributed by atoms with E-state index >= 15 is 0 Å². The van der Waals surface area contributed by atoms with Crippen LogP contribution in [-0.4, -0.2) is 35.1 Å². The van der Waals surface area contributed by atoms with Crippen molar-refractivity contribution in [2.75, 3.05) is 0 Å². The third-order valence-electron chi connectivity index (χ3n) is 4.98. The Labute approximate surface area is 169 Å². The van der Waals surface area contributed by atoms with Crippen molar-refractivity contribution in [3.05, 3.63) is 76.1 Å². The van der Waals surface area contributed by atoms with Crippen molar-refractivity contribution in [3.63, 3.8) is 0 Å². The van der Waals surface area contributed by atoms with Gasteiger partial charge in [-0.15, -0.1) is 10.2 Å². The molecule has 9 heteroatoms. The van der Waals surface area contributed by atoms with Gasteiger partial charge >= 0.3 is 5.97 Å². The second kappa shape index (κ2) is 6.73. The van der Waals surface area contributed by atoms with Crippen molar-refractivity contribution in [1.29, 1.82) is 0 Å². The minimum Gasteiger partial charge on any atom is -0.454 e. The lowest BCUT2D eigenvalue weighted by atomic mass is 10.1. The molecule has 3 heterocycles. The van der Waals surface area contributed by atoms with Crippen LogP contribution < -0.4 is 5.56 Å². The number of hydrogen-bond donors (Lipinski definition) is 0. The fraction of sp³-hybridized carbons (Fsp3) is 0.143. The van der Waals surface area contributed by atoms with Crippen molar-refractivity contribution < 1.29 is 9.53 Å². The monoisotopic (exact) mass is 400 g/mol. The quantitative estimate of drug-likeness (QED) is 0.428. The van der Waals surface area contributed by atoms with Crippen LogP contribution in [0.1, 0.15) is 21.7 Å². The second-order valence-corrected chi connectivity index (χ2v) is 6.97. The number of fused-ring (bicyclic) bond motifs is 4. The first kappa shape index (κ1) is 17.9. The van der Waals surface area contributed by atoms with Gasteiger partial charge in [-0.25, -0.2) is 4.79 Å². The van der Waals surface area contributed by atoms with Gasteiger partial charge in [0.1, 0.15) is 0 Å². The Morgan fingerprint density at radius 1 is 1.03 bits per heavy atom. The molecule has 0 unspecified atom stereocenters. The summed E-state index contributed by atoms with van der Waals surface area (Å²) in [6, 6.07) is 10.6. The summed E-state index contributed by atoms with van der Waals surface area (Å²) in [5.74, 6) is 0.288. The van der Waals surface area contributed by atoms with Crippen LogP contribution in [0.4, 0.5) is 0 Å². The highest BCUT2D eigenvalue weighted by atomic mass is 16.5. The van der Waals surface area contributed by atoms with Gasteiger partial charge < -0.3 is 4.74 Å². The molecule has 3 aromatic heterocycles. The zero-order valence-electron chi connectivity index (χ0n) is 16.2. The molecule has 0 amide bonds. The first-order chi connectivity index (χ1) is 14.5. The van der Waals surface area contributed by atoms with Crippen LogP contribution in [0.2, 0.25) is 0 Å². The molecule has 0 aliphatic carbocycles. The standard InChI is InChI=1S/C21H16N6O3/c1-12-3-6-17-14(9-12)19(28)26(2)21-25-24-18(27(17)21)11-30-20(29)13-4-5-15-16(10-13)23-8-7-22-15/h3-10H,11H2,1-2H3. The van der Waals surface area contributed by atoms with Gasteiger partial charge in [-0.2, -0.15) is 0 Å². The summed E-state index contributed by atoms with van der Waals surface area (Å²) >= 11 is 0. The average molecular weight is 400 g/mol. The molecule has 0 aliphatic heterocycles. The molecule has 0 bridgehead atoms. The molecule has 0 saturated carbocycles. The molecular weight excluding hydrogens is 384 g/mol. The van der Waals surface area contributed by atoms with E-state index in [2.05, 4.69) is 20.2 Å². The number of carbonyl (C=O) groups excluding carboxylic acids is 1. The largest absolute Gasteiger partial charge is 0.454 e.